The highest BCUT2D eigenvalue weighted by atomic mass is 31.1. The molecule has 0 saturated heterocycles. The molecule has 0 aliphatic heterocycles. The van der Waals surface area contributed by atoms with Crippen LogP contribution in [-0.2, 0) is 21.6 Å². The fraction of sp³-hybridized carbons (Fsp3) is 0.600. The number of hydrogen-bond acceptors (Lipinski definition) is 2. The van der Waals surface area contributed by atoms with Crippen LogP contribution in [0.3, 0.4) is 0 Å². The van der Waals surface area contributed by atoms with E-state index >= 15 is 0 Å². The van der Waals surface area contributed by atoms with Crippen molar-refractivity contribution in [3.05, 3.63) is 28.8 Å². The number of phenols is 1. The summed E-state index contributed by atoms with van der Waals surface area (Å²) in [5, 5.41) is 10.5. The van der Waals surface area contributed by atoms with Crippen LogP contribution < -0.4 is 0 Å². The second kappa shape index (κ2) is 5.01. The molecule has 1 aromatic carbocycles. The Kier molecular flexibility index (Phi) is 4.23. The van der Waals surface area contributed by atoms with Crippen molar-refractivity contribution in [2.45, 2.75) is 58.5 Å². The minimum absolute atomic E-state index is 0.114. The largest absolute Gasteiger partial charge is 0.507 e. The van der Waals surface area contributed by atoms with Gasteiger partial charge >= 0.3 is 0 Å². The van der Waals surface area contributed by atoms with Gasteiger partial charge in [-0.05, 0) is 27.5 Å². The third-order valence-electron chi connectivity index (χ3n) is 3.03. The zero-order valence-electron chi connectivity index (χ0n) is 12.2. The lowest BCUT2D eigenvalue weighted by Crippen LogP contribution is -2.17. The van der Waals surface area contributed by atoms with Gasteiger partial charge in [-0.25, -0.2) is 0 Å². The van der Waals surface area contributed by atoms with Gasteiger partial charge in [-0.1, -0.05) is 53.7 Å². The first kappa shape index (κ1) is 15.2. The van der Waals surface area contributed by atoms with Gasteiger partial charge in [0.2, 0.25) is 0 Å². The van der Waals surface area contributed by atoms with Crippen molar-refractivity contribution in [3.8, 4) is 5.75 Å². The predicted molar refractivity (Wildman–Crippen MR) is 76.8 cm³/mol. The van der Waals surface area contributed by atoms with Crippen LogP contribution in [0.2, 0.25) is 0 Å². The van der Waals surface area contributed by atoms with E-state index in [-0.39, 0.29) is 19.3 Å². The van der Waals surface area contributed by atoms with Gasteiger partial charge in [0, 0.05) is 0 Å². The van der Waals surface area contributed by atoms with Crippen molar-refractivity contribution >= 4 is 8.46 Å². The summed E-state index contributed by atoms with van der Waals surface area (Å²) < 4.78 is 10.8. The van der Waals surface area contributed by atoms with Gasteiger partial charge in [-0.2, -0.15) is 0 Å². The average molecular weight is 266 g/mol. The molecule has 1 rings (SSSR count). The molecule has 2 nitrogen and oxygen atoms in total. The van der Waals surface area contributed by atoms with E-state index in [1.165, 1.54) is 0 Å². The molecule has 0 radical (unpaired) electrons. The number of hydrogen-bond donors (Lipinski definition) is 1. The quantitative estimate of drug-likeness (QED) is 0.782. The Morgan fingerprint density at radius 3 is 1.67 bits per heavy atom. The molecule has 0 aromatic heterocycles. The molecule has 3 heteroatoms. The monoisotopic (exact) mass is 266 g/mol. The second-order valence-corrected chi connectivity index (χ2v) is 7.40. The van der Waals surface area contributed by atoms with Crippen LogP contribution in [0.4, 0.5) is 0 Å². The van der Waals surface area contributed by atoms with Crippen LogP contribution in [0, 0.1) is 0 Å². The molecule has 0 aliphatic carbocycles. The molecule has 0 saturated carbocycles. The van der Waals surface area contributed by atoms with E-state index in [4.69, 9.17) is 0 Å². The van der Waals surface area contributed by atoms with E-state index in [0.717, 1.165) is 16.7 Å². The highest BCUT2D eigenvalue weighted by Crippen LogP contribution is 2.40. The van der Waals surface area contributed by atoms with E-state index in [9.17, 15) is 9.67 Å². The molecular weight excluding hydrogens is 243 g/mol. The maximum absolute atomic E-state index is 10.8. The van der Waals surface area contributed by atoms with Crippen molar-refractivity contribution in [3.63, 3.8) is 0 Å². The Labute approximate surface area is 112 Å². The molecule has 0 atom stereocenters. The van der Waals surface area contributed by atoms with Gasteiger partial charge in [0.15, 0.2) is 8.46 Å². The molecule has 18 heavy (non-hydrogen) atoms. The molecule has 0 spiro atoms. The first-order valence-corrected chi connectivity index (χ1v) is 7.23. The summed E-state index contributed by atoms with van der Waals surface area (Å²) in [6, 6.07) is 3.94. The standard InChI is InChI=1S/C15H23O2P/c1-14(2,3)11-7-10(9-18-17)8-12(13(11)16)15(4,5)6/h7-8,16H,9H2,1-6H3. The molecular formula is C15H23O2P. The molecule has 0 amide bonds. The Hall–Kier alpha value is -0.880. The van der Waals surface area contributed by atoms with Crippen LogP contribution in [-0.4, -0.2) is 5.11 Å². The third kappa shape index (κ3) is 3.32. The van der Waals surface area contributed by atoms with Crippen LogP contribution in [0.1, 0.15) is 58.2 Å². The molecule has 0 aliphatic rings. The minimum Gasteiger partial charge on any atom is -0.507 e. The van der Waals surface area contributed by atoms with Gasteiger partial charge in [0.1, 0.15) is 5.75 Å². The van der Waals surface area contributed by atoms with Gasteiger partial charge < -0.3 is 5.11 Å². The summed E-state index contributed by atoms with van der Waals surface area (Å²) in [6.45, 7) is 12.5. The van der Waals surface area contributed by atoms with Crippen molar-refractivity contribution in [1.29, 1.82) is 0 Å². The van der Waals surface area contributed by atoms with Crippen molar-refractivity contribution in [2.75, 3.05) is 0 Å². The van der Waals surface area contributed by atoms with E-state index in [1.807, 2.05) is 12.1 Å². The molecule has 1 aromatic rings. The number of rotatable bonds is 2. The average Bonchev–Trinajstić information content (AvgIpc) is 2.17. The molecule has 0 bridgehead atoms. The summed E-state index contributed by atoms with van der Waals surface area (Å²) >= 11 is 0. The lowest BCUT2D eigenvalue weighted by atomic mass is 9.78. The topological polar surface area (TPSA) is 37.3 Å². The minimum atomic E-state index is -0.125. The molecule has 1 N–H and O–H groups in total. The first-order valence-electron chi connectivity index (χ1n) is 6.23. The summed E-state index contributed by atoms with van der Waals surface area (Å²) in [5.41, 5.74) is 2.61. The van der Waals surface area contributed by atoms with Crippen molar-refractivity contribution < 1.29 is 9.67 Å². The first-order chi connectivity index (χ1) is 8.07. The SMILES string of the molecule is CC(C)(C)c1cc(CP=O)cc(C(C)(C)C)c1O. The lowest BCUT2D eigenvalue weighted by Gasteiger charge is -2.28. The van der Waals surface area contributed by atoms with Crippen LogP contribution in [0.5, 0.6) is 5.75 Å². The van der Waals surface area contributed by atoms with E-state index in [2.05, 4.69) is 41.5 Å². The number of aromatic hydroxyl groups is 1. The summed E-state index contributed by atoms with van der Waals surface area (Å²) in [7, 11) is 0.114. The van der Waals surface area contributed by atoms with Gasteiger partial charge in [-0.3, -0.25) is 4.57 Å². The highest BCUT2D eigenvalue weighted by Gasteiger charge is 2.26. The van der Waals surface area contributed by atoms with E-state index in [1.54, 1.807) is 0 Å². The van der Waals surface area contributed by atoms with Crippen LogP contribution >= 0.6 is 8.46 Å². The summed E-state index contributed by atoms with van der Waals surface area (Å²) in [5.74, 6) is 0.376. The maximum atomic E-state index is 10.8. The zero-order valence-corrected chi connectivity index (χ0v) is 13.1. The summed E-state index contributed by atoms with van der Waals surface area (Å²) in [4.78, 5) is 0. The molecule has 0 heterocycles. The Bertz CT molecular complexity index is 416. The van der Waals surface area contributed by atoms with E-state index < -0.39 is 0 Å². The van der Waals surface area contributed by atoms with Crippen LogP contribution in [0.15, 0.2) is 12.1 Å². The van der Waals surface area contributed by atoms with Gasteiger partial charge in [0.25, 0.3) is 0 Å². The van der Waals surface area contributed by atoms with Gasteiger partial charge in [0.05, 0.1) is 6.16 Å². The van der Waals surface area contributed by atoms with Crippen LogP contribution in [0.25, 0.3) is 0 Å². The van der Waals surface area contributed by atoms with Crippen molar-refractivity contribution in [1.82, 2.24) is 0 Å². The molecule has 0 fully saturated rings. The number of benzene rings is 1. The maximum Gasteiger partial charge on any atom is 0.160 e. The zero-order chi connectivity index (χ0) is 14.1. The second-order valence-electron chi connectivity index (χ2n) is 6.83. The lowest BCUT2D eigenvalue weighted by molar-refractivity contribution is 0.423. The van der Waals surface area contributed by atoms with Crippen molar-refractivity contribution in [2.24, 2.45) is 0 Å². The molecule has 0 unspecified atom stereocenters. The smallest absolute Gasteiger partial charge is 0.160 e. The Morgan fingerprint density at radius 2 is 1.39 bits per heavy atom. The van der Waals surface area contributed by atoms with Gasteiger partial charge in [-0.15, -0.1) is 0 Å². The Balaban J connectivity index is 3.53. The number of phenolic OH excluding ortho intramolecular Hbond substituents is 1. The third-order valence-corrected chi connectivity index (χ3v) is 3.53. The predicted octanol–water partition coefficient (Wildman–Crippen LogP) is 4.78. The Morgan fingerprint density at radius 1 is 1.00 bits per heavy atom. The van der Waals surface area contributed by atoms with E-state index in [0.29, 0.717) is 11.9 Å². The fourth-order valence-corrected chi connectivity index (χ4v) is 2.34. The highest BCUT2D eigenvalue weighted by molar-refractivity contribution is 7.22. The fourth-order valence-electron chi connectivity index (χ4n) is 2.00. The summed E-state index contributed by atoms with van der Waals surface area (Å²) in [6.07, 6.45) is 0.493. The molecule has 100 valence electrons. The normalized spacial score (nSPS) is 13.0.